The third-order valence-electron chi connectivity index (χ3n) is 7.37. The molecule has 2 rings (SSSR count). The summed E-state index contributed by atoms with van der Waals surface area (Å²) in [6.07, 6.45) is 8.90. The smallest absolute Gasteiger partial charge is 0.336 e. The van der Waals surface area contributed by atoms with Gasteiger partial charge in [-0.1, -0.05) is 24.3 Å². The van der Waals surface area contributed by atoms with Gasteiger partial charge in [0.25, 0.3) is 5.91 Å². The van der Waals surface area contributed by atoms with Crippen molar-refractivity contribution in [2.75, 3.05) is 20.2 Å². The van der Waals surface area contributed by atoms with E-state index in [-0.39, 0.29) is 25.5 Å². The quantitative estimate of drug-likeness (QED) is 0.155. The number of amides is 6. The Kier molecular flexibility index (Phi) is 13.2. The second-order valence-corrected chi connectivity index (χ2v) is 11.2. The summed E-state index contributed by atoms with van der Waals surface area (Å²) >= 11 is 0. The molecular formula is C29H46N6O8. The van der Waals surface area contributed by atoms with Crippen molar-refractivity contribution in [3.8, 4) is 0 Å². The van der Waals surface area contributed by atoms with Gasteiger partial charge in [0.2, 0.25) is 17.7 Å². The van der Waals surface area contributed by atoms with Gasteiger partial charge >= 0.3 is 12.0 Å². The zero-order valence-corrected chi connectivity index (χ0v) is 25.8. The molecule has 2 unspecified atom stereocenters. The fraction of sp³-hybridized carbons (Fsp3) is 0.655. The molecule has 0 spiro atoms. The van der Waals surface area contributed by atoms with Crippen molar-refractivity contribution >= 4 is 35.6 Å². The van der Waals surface area contributed by atoms with Gasteiger partial charge in [-0.05, 0) is 65.2 Å². The number of carbonyl (C=O) groups is 6. The molecular weight excluding hydrogens is 560 g/mol. The number of likely N-dealkylation sites (tertiary alicyclic amines) is 1. The zero-order chi connectivity index (χ0) is 32.3. The molecule has 14 nitrogen and oxygen atoms in total. The van der Waals surface area contributed by atoms with Crippen LogP contribution in [0.3, 0.4) is 0 Å². The molecule has 1 fully saturated rings. The minimum atomic E-state index is -1.06. The van der Waals surface area contributed by atoms with Crippen molar-refractivity contribution in [3.63, 3.8) is 0 Å². The average Bonchev–Trinajstić information content (AvgIpc) is 3.42. The summed E-state index contributed by atoms with van der Waals surface area (Å²) in [6.45, 7) is 7.96. The first-order chi connectivity index (χ1) is 20.2. The maximum Gasteiger partial charge on any atom is 0.336 e. The van der Waals surface area contributed by atoms with Crippen molar-refractivity contribution in [2.24, 2.45) is 5.41 Å². The highest BCUT2D eigenvalue weighted by atomic mass is 16.5. The summed E-state index contributed by atoms with van der Waals surface area (Å²) < 4.78 is 5.20. The van der Waals surface area contributed by atoms with E-state index in [0.29, 0.717) is 25.7 Å². The van der Waals surface area contributed by atoms with Gasteiger partial charge in [0, 0.05) is 20.5 Å². The summed E-state index contributed by atoms with van der Waals surface area (Å²) in [6, 6.07) is -4.51. The standard InChI is InChI=1S/C29H46N6O8/c1-7-43-27(41)22(17-29(16-18(2)36)13-9-8-10-14-29)32-28(42)34(6)33-25(39)23-12-11-15-35(23)26(40)20(4)31-24(38)19(3)30-21(5)37/h8-10,13,18-20,22-23,36H,7,11-12,14-17H2,1-6H3,(H,30,37)(H,31,38)(H,32,42)(H,33,39)/t18?,19-,20-,22-,23-,29?/m0/s1. The van der Waals surface area contributed by atoms with Crippen LogP contribution in [0.2, 0.25) is 0 Å². The molecule has 0 aromatic rings. The molecule has 5 N–H and O–H groups in total. The van der Waals surface area contributed by atoms with Crippen LogP contribution in [0.5, 0.6) is 0 Å². The fourth-order valence-electron chi connectivity index (χ4n) is 5.38. The highest BCUT2D eigenvalue weighted by molar-refractivity contribution is 5.94. The molecule has 43 heavy (non-hydrogen) atoms. The molecule has 1 heterocycles. The van der Waals surface area contributed by atoms with Crippen LogP contribution in [0.4, 0.5) is 4.79 Å². The van der Waals surface area contributed by atoms with Crippen LogP contribution in [0.15, 0.2) is 24.3 Å². The molecule has 1 aliphatic carbocycles. The van der Waals surface area contributed by atoms with Crippen molar-refractivity contribution < 1.29 is 38.6 Å². The third kappa shape index (κ3) is 10.4. The lowest BCUT2D eigenvalue weighted by Gasteiger charge is -2.36. The molecule has 0 aromatic carbocycles. The van der Waals surface area contributed by atoms with Crippen LogP contribution in [0.1, 0.15) is 66.7 Å². The minimum Gasteiger partial charge on any atom is -0.464 e. The van der Waals surface area contributed by atoms with E-state index < -0.39 is 65.4 Å². The molecule has 0 radical (unpaired) electrons. The van der Waals surface area contributed by atoms with Gasteiger partial charge in [-0.15, -0.1) is 0 Å². The molecule has 0 saturated carbocycles. The molecule has 1 saturated heterocycles. The molecule has 14 heteroatoms. The number of carbonyl (C=O) groups excluding carboxylic acids is 6. The van der Waals surface area contributed by atoms with Crippen LogP contribution in [-0.2, 0) is 28.7 Å². The number of allylic oxidation sites excluding steroid dienone is 4. The van der Waals surface area contributed by atoms with E-state index in [0.717, 1.165) is 5.01 Å². The van der Waals surface area contributed by atoms with Gasteiger partial charge in [0.05, 0.1) is 12.7 Å². The van der Waals surface area contributed by atoms with E-state index in [9.17, 15) is 33.9 Å². The first-order valence-corrected chi connectivity index (χ1v) is 14.6. The highest BCUT2D eigenvalue weighted by Gasteiger charge is 2.39. The number of ether oxygens (including phenoxy) is 1. The Morgan fingerprint density at radius 1 is 1.05 bits per heavy atom. The van der Waals surface area contributed by atoms with Crippen molar-refractivity contribution in [2.45, 2.75) is 97.0 Å². The van der Waals surface area contributed by atoms with E-state index in [4.69, 9.17) is 4.74 Å². The molecule has 1 aliphatic heterocycles. The Morgan fingerprint density at radius 3 is 2.33 bits per heavy atom. The van der Waals surface area contributed by atoms with Crippen LogP contribution in [0.25, 0.3) is 0 Å². The lowest BCUT2D eigenvalue weighted by atomic mass is 9.72. The number of urea groups is 1. The molecule has 240 valence electrons. The van der Waals surface area contributed by atoms with Crippen molar-refractivity contribution in [1.82, 2.24) is 31.3 Å². The summed E-state index contributed by atoms with van der Waals surface area (Å²) in [7, 11) is 1.32. The molecule has 2 aliphatic rings. The summed E-state index contributed by atoms with van der Waals surface area (Å²) in [5.74, 6) is -2.65. The number of aliphatic hydroxyl groups is 1. The summed E-state index contributed by atoms with van der Waals surface area (Å²) in [5, 5.41) is 18.7. The van der Waals surface area contributed by atoms with Gasteiger partial charge in [-0.3, -0.25) is 24.6 Å². The first kappa shape index (κ1) is 35.3. The van der Waals surface area contributed by atoms with Gasteiger partial charge in [-0.25, -0.2) is 14.6 Å². The van der Waals surface area contributed by atoms with Gasteiger partial charge in [0.1, 0.15) is 24.2 Å². The van der Waals surface area contributed by atoms with Crippen LogP contribution in [0, 0.1) is 5.41 Å². The largest absolute Gasteiger partial charge is 0.464 e. The maximum absolute atomic E-state index is 13.2. The van der Waals surface area contributed by atoms with E-state index in [2.05, 4.69) is 21.4 Å². The number of hydrogen-bond acceptors (Lipinski definition) is 8. The van der Waals surface area contributed by atoms with Gasteiger partial charge in [0.15, 0.2) is 0 Å². The zero-order valence-electron chi connectivity index (χ0n) is 25.8. The topological polar surface area (TPSA) is 186 Å². The molecule has 0 bridgehead atoms. The predicted molar refractivity (Wildman–Crippen MR) is 157 cm³/mol. The SMILES string of the molecule is CCOC(=O)[C@H](CC1(CC(C)O)C=CC=CC1)NC(=O)N(C)NC(=O)[C@@H]1CCCN1C(=O)[C@H](C)NC(=O)[C@H](C)NC(C)=O. The van der Waals surface area contributed by atoms with E-state index in [1.54, 1.807) is 13.8 Å². The van der Waals surface area contributed by atoms with Crippen LogP contribution >= 0.6 is 0 Å². The van der Waals surface area contributed by atoms with Gasteiger partial charge < -0.3 is 30.7 Å². The highest BCUT2D eigenvalue weighted by Crippen LogP contribution is 2.38. The Morgan fingerprint density at radius 2 is 1.74 bits per heavy atom. The number of hydrazine groups is 1. The van der Waals surface area contributed by atoms with Crippen molar-refractivity contribution in [1.29, 1.82) is 0 Å². The predicted octanol–water partition coefficient (Wildman–Crippen LogP) is 0.275. The summed E-state index contributed by atoms with van der Waals surface area (Å²) in [5.41, 5.74) is 1.89. The second kappa shape index (κ2) is 16.1. The average molecular weight is 607 g/mol. The fourth-order valence-corrected chi connectivity index (χ4v) is 5.38. The Labute approximate surface area is 252 Å². The number of nitrogens with zero attached hydrogens (tertiary/aromatic N) is 2. The normalized spacial score (nSPS) is 22.0. The summed E-state index contributed by atoms with van der Waals surface area (Å²) in [4.78, 5) is 77.1. The van der Waals surface area contributed by atoms with Gasteiger partial charge in [-0.2, -0.15) is 0 Å². The number of hydrogen-bond donors (Lipinski definition) is 5. The maximum atomic E-state index is 13.2. The Balaban J connectivity index is 2.06. The lowest BCUT2D eigenvalue weighted by molar-refractivity contribution is -0.146. The number of nitrogens with one attached hydrogen (secondary N) is 4. The second-order valence-electron chi connectivity index (χ2n) is 11.2. The number of esters is 1. The van der Waals surface area contributed by atoms with E-state index >= 15 is 0 Å². The third-order valence-corrected chi connectivity index (χ3v) is 7.37. The molecule has 6 amide bonds. The molecule has 0 aromatic heterocycles. The van der Waals surface area contributed by atoms with E-state index in [1.807, 2.05) is 24.3 Å². The Hall–Kier alpha value is -3.94. The van der Waals surface area contributed by atoms with Crippen LogP contribution < -0.4 is 21.4 Å². The first-order valence-electron chi connectivity index (χ1n) is 14.6. The lowest BCUT2D eigenvalue weighted by Crippen LogP contribution is -2.58. The van der Waals surface area contributed by atoms with Crippen molar-refractivity contribution in [3.05, 3.63) is 24.3 Å². The van der Waals surface area contributed by atoms with Crippen LogP contribution in [-0.4, -0.2) is 101 Å². The molecule has 6 atom stereocenters. The monoisotopic (exact) mass is 606 g/mol. The van der Waals surface area contributed by atoms with E-state index in [1.165, 1.54) is 32.7 Å². The number of rotatable bonds is 12. The Bertz CT molecular complexity index is 1110. The number of aliphatic hydroxyl groups excluding tert-OH is 1. The minimum absolute atomic E-state index is 0.105.